The van der Waals surface area contributed by atoms with E-state index in [1.807, 2.05) is 18.2 Å². The van der Waals surface area contributed by atoms with Gasteiger partial charge in [0.1, 0.15) is 11.5 Å². The number of nitrogens with zero attached hydrogens (tertiary/aromatic N) is 1. The Hall–Kier alpha value is -3.52. The lowest BCUT2D eigenvalue weighted by Crippen LogP contribution is -2.36. The summed E-state index contributed by atoms with van der Waals surface area (Å²) < 4.78 is 39.2. The molecule has 1 aliphatic heterocycles. The van der Waals surface area contributed by atoms with E-state index in [0.29, 0.717) is 35.7 Å². The van der Waals surface area contributed by atoms with Gasteiger partial charge in [-0.1, -0.05) is 12.1 Å². The summed E-state index contributed by atoms with van der Waals surface area (Å²) in [5.74, 6) is 1.17. The van der Waals surface area contributed by atoms with Crippen LogP contribution in [0, 0.1) is 6.92 Å². The molecule has 1 aliphatic rings. The van der Waals surface area contributed by atoms with Crippen molar-refractivity contribution in [2.75, 3.05) is 25.5 Å². The Bertz CT molecular complexity index is 1290. The van der Waals surface area contributed by atoms with Gasteiger partial charge < -0.3 is 14.4 Å². The van der Waals surface area contributed by atoms with Crippen LogP contribution < -0.4 is 14.2 Å². The molecule has 33 heavy (non-hydrogen) atoms. The summed E-state index contributed by atoms with van der Waals surface area (Å²) in [4.78, 5) is 15.1. The standard InChI is InChI=1S/C25H26N2O5S/c1-17-4-5-19(15-24(17)33(29,30)26-21-7-10-22(31-2)11-8-21)25(28)27-13-12-18-6-9-23(32-3)14-20(18)16-27/h4-11,14-15,26H,12-13,16H2,1-3H3. The van der Waals surface area contributed by atoms with Crippen molar-refractivity contribution in [3.63, 3.8) is 0 Å². The van der Waals surface area contributed by atoms with E-state index >= 15 is 0 Å². The van der Waals surface area contributed by atoms with Gasteiger partial charge in [-0.2, -0.15) is 0 Å². The van der Waals surface area contributed by atoms with Crippen molar-refractivity contribution < 1.29 is 22.7 Å². The second-order valence-corrected chi connectivity index (χ2v) is 9.58. The summed E-state index contributed by atoms with van der Waals surface area (Å²) in [6.45, 7) is 2.73. The molecule has 3 aromatic rings. The first-order valence-corrected chi connectivity index (χ1v) is 12.0. The van der Waals surface area contributed by atoms with E-state index in [-0.39, 0.29) is 10.8 Å². The molecule has 8 heteroatoms. The number of amides is 1. The third-order valence-corrected chi connectivity index (χ3v) is 7.30. The largest absolute Gasteiger partial charge is 0.497 e. The highest BCUT2D eigenvalue weighted by atomic mass is 32.2. The summed E-state index contributed by atoms with van der Waals surface area (Å²) in [7, 11) is -0.729. The van der Waals surface area contributed by atoms with Gasteiger partial charge in [0.2, 0.25) is 0 Å². The van der Waals surface area contributed by atoms with Crippen molar-refractivity contribution in [3.8, 4) is 11.5 Å². The molecule has 0 fully saturated rings. The highest BCUT2D eigenvalue weighted by Gasteiger charge is 2.25. The average Bonchev–Trinajstić information content (AvgIpc) is 2.83. The van der Waals surface area contributed by atoms with E-state index in [9.17, 15) is 13.2 Å². The molecule has 0 atom stereocenters. The lowest BCUT2D eigenvalue weighted by molar-refractivity contribution is 0.0734. The molecule has 7 nitrogen and oxygen atoms in total. The topological polar surface area (TPSA) is 84.9 Å². The van der Waals surface area contributed by atoms with E-state index in [4.69, 9.17) is 9.47 Å². The molecule has 0 radical (unpaired) electrons. The molecule has 1 heterocycles. The summed E-state index contributed by atoms with van der Waals surface area (Å²) in [5.41, 5.74) is 3.53. The Morgan fingerprint density at radius 1 is 0.909 bits per heavy atom. The lowest BCUT2D eigenvalue weighted by atomic mass is 9.98. The van der Waals surface area contributed by atoms with Crippen LogP contribution >= 0.6 is 0 Å². The fourth-order valence-corrected chi connectivity index (χ4v) is 5.24. The molecule has 0 aliphatic carbocycles. The lowest BCUT2D eigenvalue weighted by Gasteiger charge is -2.29. The molecule has 172 valence electrons. The Balaban J connectivity index is 1.57. The predicted molar refractivity (Wildman–Crippen MR) is 126 cm³/mol. The molecular formula is C25H26N2O5S. The van der Waals surface area contributed by atoms with E-state index in [2.05, 4.69) is 4.72 Å². The molecule has 4 rings (SSSR count). The summed E-state index contributed by atoms with van der Waals surface area (Å²) in [6, 6.07) is 17.3. The van der Waals surface area contributed by atoms with Gasteiger partial charge in [-0.25, -0.2) is 8.42 Å². The minimum atomic E-state index is -3.89. The zero-order chi connectivity index (χ0) is 23.6. The van der Waals surface area contributed by atoms with Crippen molar-refractivity contribution in [2.24, 2.45) is 0 Å². The first kappa shape index (κ1) is 22.7. The minimum Gasteiger partial charge on any atom is -0.497 e. The fraction of sp³-hybridized carbons (Fsp3) is 0.240. The summed E-state index contributed by atoms with van der Waals surface area (Å²) in [5, 5.41) is 0. The third-order valence-electron chi connectivity index (χ3n) is 5.78. The SMILES string of the molecule is COc1ccc(NS(=O)(=O)c2cc(C(=O)N3CCc4ccc(OC)cc4C3)ccc2C)cc1. The Morgan fingerprint density at radius 3 is 2.30 bits per heavy atom. The maximum Gasteiger partial charge on any atom is 0.262 e. The number of nitrogens with one attached hydrogen (secondary N) is 1. The number of hydrogen-bond acceptors (Lipinski definition) is 5. The number of benzene rings is 3. The van der Waals surface area contributed by atoms with Crippen molar-refractivity contribution in [1.82, 2.24) is 4.90 Å². The van der Waals surface area contributed by atoms with Crippen LogP contribution in [0.3, 0.4) is 0 Å². The predicted octanol–water partition coefficient (Wildman–Crippen LogP) is 4.01. The highest BCUT2D eigenvalue weighted by molar-refractivity contribution is 7.92. The maximum atomic E-state index is 13.2. The van der Waals surface area contributed by atoms with Crippen molar-refractivity contribution in [1.29, 1.82) is 0 Å². The van der Waals surface area contributed by atoms with Crippen LogP contribution in [0.1, 0.15) is 27.0 Å². The Kier molecular flexibility index (Phi) is 6.29. The second-order valence-electron chi connectivity index (χ2n) is 7.93. The van der Waals surface area contributed by atoms with Gasteiger partial charge in [0.25, 0.3) is 15.9 Å². The number of carbonyl (C=O) groups is 1. The molecule has 3 aromatic carbocycles. The van der Waals surface area contributed by atoms with Gasteiger partial charge in [-0.3, -0.25) is 9.52 Å². The molecule has 0 saturated carbocycles. The minimum absolute atomic E-state index is 0.0725. The monoisotopic (exact) mass is 466 g/mol. The number of rotatable bonds is 6. The molecule has 0 bridgehead atoms. The first-order chi connectivity index (χ1) is 15.8. The Labute approximate surface area is 194 Å². The van der Waals surface area contributed by atoms with Crippen LogP contribution in [0.15, 0.2) is 65.6 Å². The van der Waals surface area contributed by atoms with E-state index in [0.717, 1.165) is 17.7 Å². The molecule has 0 unspecified atom stereocenters. The highest BCUT2D eigenvalue weighted by Crippen LogP contribution is 2.27. The van der Waals surface area contributed by atoms with Crippen LogP contribution in [0.2, 0.25) is 0 Å². The van der Waals surface area contributed by atoms with Crippen molar-refractivity contribution in [3.05, 3.63) is 82.9 Å². The van der Waals surface area contributed by atoms with Crippen molar-refractivity contribution in [2.45, 2.75) is 24.8 Å². The maximum absolute atomic E-state index is 13.2. The average molecular weight is 467 g/mol. The smallest absolute Gasteiger partial charge is 0.262 e. The van der Waals surface area contributed by atoms with Gasteiger partial charge in [-0.05, 0) is 78.6 Å². The number of ether oxygens (including phenoxy) is 2. The summed E-state index contributed by atoms with van der Waals surface area (Å²) in [6.07, 6.45) is 0.737. The van der Waals surface area contributed by atoms with Gasteiger partial charge in [0.05, 0.1) is 19.1 Å². The molecule has 1 N–H and O–H groups in total. The zero-order valence-electron chi connectivity index (χ0n) is 18.8. The molecule has 0 spiro atoms. The quantitative estimate of drug-likeness (QED) is 0.593. The Morgan fingerprint density at radius 2 is 1.61 bits per heavy atom. The van der Waals surface area contributed by atoms with Crippen LogP contribution in [0.4, 0.5) is 5.69 Å². The van der Waals surface area contributed by atoms with Crippen LogP contribution in [-0.4, -0.2) is 40.0 Å². The van der Waals surface area contributed by atoms with Gasteiger partial charge in [-0.15, -0.1) is 0 Å². The number of carbonyl (C=O) groups excluding carboxylic acids is 1. The molecular weight excluding hydrogens is 440 g/mol. The van der Waals surface area contributed by atoms with Crippen LogP contribution in [-0.2, 0) is 23.0 Å². The van der Waals surface area contributed by atoms with Gasteiger partial charge in [0.15, 0.2) is 0 Å². The van der Waals surface area contributed by atoms with E-state index in [1.165, 1.54) is 11.6 Å². The molecule has 1 amide bonds. The van der Waals surface area contributed by atoms with Crippen molar-refractivity contribution >= 4 is 21.6 Å². The first-order valence-electron chi connectivity index (χ1n) is 10.5. The van der Waals surface area contributed by atoms with Gasteiger partial charge in [0, 0.05) is 24.3 Å². The summed E-state index contributed by atoms with van der Waals surface area (Å²) >= 11 is 0. The van der Waals surface area contributed by atoms with Crippen LogP contribution in [0.25, 0.3) is 0 Å². The third kappa shape index (κ3) is 4.80. The van der Waals surface area contributed by atoms with Crippen LogP contribution in [0.5, 0.6) is 11.5 Å². The number of hydrogen-bond donors (Lipinski definition) is 1. The molecule has 0 saturated heterocycles. The number of methoxy groups -OCH3 is 2. The second kappa shape index (κ2) is 9.15. The number of anilines is 1. The zero-order valence-corrected chi connectivity index (χ0v) is 19.6. The van der Waals surface area contributed by atoms with E-state index < -0.39 is 10.0 Å². The van der Waals surface area contributed by atoms with Gasteiger partial charge >= 0.3 is 0 Å². The normalized spacial score (nSPS) is 13.2. The number of fused-ring (bicyclic) bond motifs is 1. The number of aryl methyl sites for hydroxylation is 1. The van der Waals surface area contributed by atoms with E-state index in [1.54, 1.807) is 62.4 Å². The fourth-order valence-electron chi connectivity index (χ4n) is 3.91. The molecule has 0 aromatic heterocycles. The number of sulfonamides is 1.